The number of hydrogen-bond acceptors (Lipinski definition) is 4. The Morgan fingerprint density at radius 1 is 1.38 bits per heavy atom. The van der Waals surface area contributed by atoms with Crippen LogP contribution in [0.5, 0.6) is 5.75 Å². The van der Waals surface area contributed by atoms with E-state index >= 15 is 0 Å². The van der Waals surface area contributed by atoms with E-state index in [1.54, 1.807) is 18.2 Å². The summed E-state index contributed by atoms with van der Waals surface area (Å²) in [5.74, 6) is -0.873. The number of para-hydroxylation sites is 2. The van der Waals surface area contributed by atoms with Gasteiger partial charge in [-0.2, -0.15) is 0 Å². The van der Waals surface area contributed by atoms with E-state index in [9.17, 15) is 19.5 Å². The number of rotatable bonds is 3. The lowest BCUT2D eigenvalue weighted by Crippen LogP contribution is -2.54. The van der Waals surface area contributed by atoms with Gasteiger partial charge in [0.15, 0.2) is 0 Å². The van der Waals surface area contributed by atoms with E-state index in [1.165, 1.54) is 6.07 Å². The van der Waals surface area contributed by atoms with Gasteiger partial charge in [0.2, 0.25) is 5.91 Å². The van der Waals surface area contributed by atoms with Gasteiger partial charge in [-0.15, -0.1) is 0 Å². The first-order valence-corrected chi connectivity index (χ1v) is 8.16. The van der Waals surface area contributed by atoms with Crippen molar-refractivity contribution in [2.24, 2.45) is 5.92 Å². The second-order valence-corrected chi connectivity index (χ2v) is 6.50. The van der Waals surface area contributed by atoms with Gasteiger partial charge in [-0.25, -0.2) is 4.79 Å². The number of imide groups is 1. The Morgan fingerprint density at radius 3 is 2.83 bits per heavy atom. The summed E-state index contributed by atoms with van der Waals surface area (Å²) >= 11 is 0. The molecule has 128 valence electrons. The van der Waals surface area contributed by atoms with E-state index in [2.05, 4.69) is 10.6 Å². The number of nitrogens with zero attached hydrogens (tertiary/aromatic N) is 1. The normalized spacial score (nSPS) is 26.5. The van der Waals surface area contributed by atoms with Gasteiger partial charge in [0.1, 0.15) is 17.8 Å². The van der Waals surface area contributed by atoms with Crippen LogP contribution in [-0.4, -0.2) is 39.9 Å². The van der Waals surface area contributed by atoms with Gasteiger partial charge in [0.05, 0.1) is 5.69 Å². The van der Waals surface area contributed by atoms with Crippen molar-refractivity contribution in [1.29, 1.82) is 0 Å². The van der Waals surface area contributed by atoms with Crippen molar-refractivity contribution >= 4 is 23.5 Å². The molecule has 1 aromatic rings. The number of urea groups is 1. The van der Waals surface area contributed by atoms with Gasteiger partial charge >= 0.3 is 6.03 Å². The molecule has 3 rings (SSSR count). The highest BCUT2D eigenvalue weighted by molar-refractivity contribution is 6.10. The average Bonchev–Trinajstić information content (AvgIpc) is 2.78. The summed E-state index contributed by atoms with van der Waals surface area (Å²) in [5, 5.41) is 15.0. The van der Waals surface area contributed by atoms with Crippen LogP contribution in [0.3, 0.4) is 0 Å². The van der Waals surface area contributed by atoms with Crippen molar-refractivity contribution in [2.75, 3.05) is 11.9 Å². The van der Waals surface area contributed by atoms with Crippen molar-refractivity contribution in [2.45, 2.75) is 38.1 Å². The minimum Gasteiger partial charge on any atom is -0.506 e. The summed E-state index contributed by atoms with van der Waals surface area (Å²) in [6.45, 7) is 1.59. The number of aromatic hydroxyl groups is 1. The van der Waals surface area contributed by atoms with Gasteiger partial charge in [-0.3, -0.25) is 14.5 Å². The lowest BCUT2D eigenvalue weighted by Gasteiger charge is -2.36. The SMILES string of the molecule is C[C@@H]1CCCC[C@]12NC(=O)N(CC(=O)Nc1ccccc1O)C2=O. The summed E-state index contributed by atoms with van der Waals surface area (Å²) in [7, 11) is 0. The van der Waals surface area contributed by atoms with Crippen molar-refractivity contribution in [3.63, 3.8) is 0 Å². The van der Waals surface area contributed by atoms with Gasteiger partial charge in [0, 0.05) is 0 Å². The molecule has 1 spiro atoms. The fourth-order valence-corrected chi connectivity index (χ4v) is 3.55. The predicted molar refractivity (Wildman–Crippen MR) is 87.3 cm³/mol. The Morgan fingerprint density at radius 2 is 2.12 bits per heavy atom. The molecule has 7 heteroatoms. The van der Waals surface area contributed by atoms with Crippen LogP contribution < -0.4 is 10.6 Å². The topological polar surface area (TPSA) is 98.7 Å². The molecule has 1 aliphatic carbocycles. The third-order valence-electron chi connectivity index (χ3n) is 4.98. The molecular formula is C17H21N3O4. The number of hydrogen-bond donors (Lipinski definition) is 3. The van der Waals surface area contributed by atoms with E-state index in [0.717, 1.165) is 24.2 Å². The van der Waals surface area contributed by atoms with E-state index in [-0.39, 0.29) is 29.8 Å². The quantitative estimate of drug-likeness (QED) is 0.581. The van der Waals surface area contributed by atoms with Crippen LogP contribution in [-0.2, 0) is 9.59 Å². The summed E-state index contributed by atoms with van der Waals surface area (Å²) in [6.07, 6.45) is 3.41. The van der Waals surface area contributed by atoms with Crippen molar-refractivity contribution in [3.05, 3.63) is 24.3 Å². The van der Waals surface area contributed by atoms with E-state index < -0.39 is 17.5 Å². The number of carbonyl (C=O) groups excluding carboxylic acids is 3. The minimum atomic E-state index is -0.871. The number of phenolic OH excluding ortho intramolecular Hbond substituents is 1. The molecule has 2 aliphatic rings. The molecular weight excluding hydrogens is 310 g/mol. The second kappa shape index (κ2) is 6.14. The molecule has 0 aromatic heterocycles. The standard InChI is InChI=1S/C17H21N3O4/c1-11-6-4-5-9-17(11)15(23)20(16(24)19-17)10-14(22)18-12-7-2-3-8-13(12)21/h2-3,7-8,11,21H,4-6,9-10H2,1H3,(H,18,22)(H,19,24)/t11-,17+/m1/s1. The Bertz CT molecular complexity index is 690. The van der Waals surface area contributed by atoms with Gasteiger partial charge in [-0.05, 0) is 30.9 Å². The van der Waals surface area contributed by atoms with Gasteiger partial charge < -0.3 is 15.7 Å². The maximum Gasteiger partial charge on any atom is 0.325 e. The molecule has 4 amide bonds. The molecule has 24 heavy (non-hydrogen) atoms. The first kappa shape index (κ1) is 16.3. The van der Waals surface area contributed by atoms with E-state index in [4.69, 9.17) is 0 Å². The molecule has 1 saturated carbocycles. The third kappa shape index (κ3) is 2.70. The number of benzene rings is 1. The number of carbonyl (C=O) groups is 3. The van der Waals surface area contributed by atoms with E-state index in [1.807, 2.05) is 6.92 Å². The lowest BCUT2D eigenvalue weighted by atomic mass is 9.73. The van der Waals surface area contributed by atoms with Crippen LogP contribution >= 0.6 is 0 Å². The first-order valence-electron chi connectivity index (χ1n) is 8.16. The molecule has 7 nitrogen and oxygen atoms in total. The van der Waals surface area contributed by atoms with Crippen LogP contribution in [0, 0.1) is 5.92 Å². The molecule has 0 unspecified atom stereocenters. The maximum atomic E-state index is 12.8. The Kier molecular flexibility index (Phi) is 4.17. The van der Waals surface area contributed by atoms with Crippen molar-refractivity contribution in [1.82, 2.24) is 10.2 Å². The van der Waals surface area contributed by atoms with Gasteiger partial charge in [0.25, 0.3) is 5.91 Å². The van der Waals surface area contributed by atoms with Crippen LogP contribution in [0.1, 0.15) is 32.6 Å². The molecule has 2 atom stereocenters. The minimum absolute atomic E-state index is 0.0499. The summed E-state index contributed by atoms with van der Waals surface area (Å²) in [6, 6.07) is 5.77. The maximum absolute atomic E-state index is 12.8. The van der Waals surface area contributed by atoms with Gasteiger partial charge in [-0.1, -0.05) is 31.9 Å². The fourth-order valence-electron chi connectivity index (χ4n) is 3.55. The second-order valence-electron chi connectivity index (χ2n) is 6.50. The molecule has 1 aromatic carbocycles. The number of phenols is 1. The van der Waals surface area contributed by atoms with Crippen molar-refractivity contribution < 1.29 is 19.5 Å². The fraction of sp³-hybridized carbons (Fsp3) is 0.471. The van der Waals surface area contributed by atoms with E-state index in [0.29, 0.717) is 6.42 Å². The zero-order valence-electron chi connectivity index (χ0n) is 13.5. The Hall–Kier alpha value is -2.57. The third-order valence-corrected chi connectivity index (χ3v) is 4.98. The van der Waals surface area contributed by atoms with Crippen LogP contribution in [0.2, 0.25) is 0 Å². The Labute approximate surface area is 140 Å². The zero-order valence-corrected chi connectivity index (χ0v) is 13.5. The highest BCUT2D eigenvalue weighted by atomic mass is 16.3. The molecule has 3 N–H and O–H groups in total. The van der Waals surface area contributed by atoms with Crippen molar-refractivity contribution in [3.8, 4) is 5.75 Å². The molecule has 1 aliphatic heterocycles. The highest BCUT2D eigenvalue weighted by Gasteiger charge is 2.55. The zero-order chi connectivity index (χ0) is 17.3. The monoisotopic (exact) mass is 331 g/mol. The molecule has 1 saturated heterocycles. The number of anilines is 1. The molecule has 1 heterocycles. The summed E-state index contributed by atoms with van der Waals surface area (Å²) < 4.78 is 0. The lowest BCUT2D eigenvalue weighted by molar-refractivity contribution is -0.136. The molecule has 2 fully saturated rings. The number of amides is 4. The first-order chi connectivity index (χ1) is 11.4. The molecule has 0 radical (unpaired) electrons. The smallest absolute Gasteiger partial charge is 0.325 e. The Balaban J connectivity index is 1.71. The summed E-state index contributed by atoms with van der Waals surface area (Å²) in [5.41, 5.74) is -0.625. The van der Waals surface area contributed by atoms with Crippen LogP contribution in [0.25, 0.3) is 0 Å². The molecule has 0 bridgehead atoms. The highest BCUT2D eigenvalue weighted by Crippen LogP contribution is 2.38. The summed E-state index contributed by atoms with van der Waals surface area (Å²) in [4.78, 5) is 38.1. The predicted octanol–water partition coefficient (Wildman–Crippen LogP) is 1.83. The average molecular weight is 331 g/mol. The van der Waals surface area contributed by atoms with Crippen LogP contribution in [0.4, 0.5) is 10.5 Å². The largest absolute Gasteiger partial charge is 0.506 e. The van der Waals surface area contributed by atoms with Crippen LogP contribution in [0.15, 0.2) is 24.3 Å². The number of nitrogens with one attached hydrogen (secondary N) is 2.